The third kappa shape index (κ3) is 6.51. The van der Waals surface area contributed by atoms with Gasteiger partial charge in [0.05, 0.1) is 19.0 Å². The van der Waals surface area contributed by atoms with Gasteiger partial charge in [-0.25, -0.2) is 33.3 Å². The molecule has 0 aromatic carbocycles. The Balaban J connectivity index is 1.39. The van der Waals surface area contributed by atoms with Crippen LogP contribution < -0.4 is 26.0 Å². The fraction of sp³-hybridized carbons (Fsp3) is 0.565. The Labute approximate surface area is 218 Å². The summed E-state index contributed by atoms with van der Waals surface area (Å²) in [6.45, 7) is 1.91. The Morgan fingerprint density at radius 3 is 2.71 bits per heavy atom. The van der Waals surface area contributed by atoms with E-state index in [1.165, 1.54) is 36.6 Å². The molecular formula is C23H31F2N9O4. The predicted octanol–water partition coefficient (Wildman–Crippen LogP) is 2.47. The number of carbonyl (C=O) groups excluding carboxylic acids is 2. The maximum absolute atomic E-state index is 14.9. The first-order valence-electron chi connectivity index (χ1n) is 12.3. The smallest absolute Gasteiger partial charge is 0.413 e. The average Bonchev–Trinajstić information content (AvgIpc) is 3.28. The molecule has 4 N–H and O–H groups in total. The van der Waals surface area contributed by atoms with Crippen molar-refractivity contribution in [2.75, 3.05) is 42.3 Å². The van der Waals surface area contributed by atoms with Crippen LogP contribution in [0.3, 0.4) is 0 Å². The van der Waals surface area contributed by atoms with Crippen LogP contribution in [-0.4, -0.2) is 87.8 Å². The van der Waals surface area contributed by atoms with E-state index in [-0.39, 0.29) is 48.7 Å². The number of halogens is 2. The molecule has 206 valence electrons. The molecule has 1 aliphatic heterocycles. The number of nitrogens with zero attached hydrogens (tertiary/aromatic N) is 6. The second-order valence-corrected chi connectivity index (χ2v) is 9.09. The van der Waals surface area contributed by atoms with E-state index < -0.39 is 30.5 Å². The fourth-order valence-electron chi connectivity index (χ4n) is 4.36. The number of likely N-dealkylation sites (N-methyl/N-ethyl adjacent to an activating group) is 1. The van der Waals surface area contributed by atoms with Crippen molar-refractivity contribution in [1.82, 2.24) is 24.8 Å². The van der Waals surface area contributed by atoms with Gasteiger partial charge < -0.3 is 25.0 Å². The van der Waals surface area contributed by atoms with Crippen molar-refractivity contribution >= 4 is 29.7 Å². The lowest BCUT2D eigenvalue weighted by Crippen LogP contribution is -2.60. The molecule has 38 heavy (non-hydrogen) atoms. The third-order valence-corrected chi connectivity index (χ3v) is 6.46. The van der Waals surface area contributed by atoms with Crippen LogP contribution in [0.2, 0.25) is 0 Å². The molecular weight excluding hydrogens is 504 g/mol. The summed E-state index contributed by atoms with van der Waals surface area (Å²) in [6, 6.07) is -1.00. The minimum Gasteiger partial charge on any atom is -0.477 e. The highest BCUT2D eigenvalue weighted by Gasteiger charge is 2.48. The van der Waals surface area contributed by atoms with E-state index in [4.69, 9.17) is 15.2 Å². The van der Waals surface area contributed by atoms with Crippen molar-refractivity contribution in [3.8, 4) is 5.88 Å². The van der Waals surface area contributed by atoms with Gasteiger partial charge in [-0.3, -0.25) is 10.6 Å². The van der Waals surface area contributed by atoms with Crippen molar-refractivity contribution in [2.45, 2.75) is 56.7 Å². The van der Waals surface area contributed by atoms with Crippen molar-refractivity contribution < 1.29 is 27.8 Å². The molecule has 2 aromatic heterocycles. The number of carbonyl (C=O) groups is 2. The summed E-state index contributed by atoms with van der Waals surface area (Å²) in [4.78, 5) is 44.0. The Bertz CT molecular complexity index is 1120. The van der Waals surface area contributed by atoms with Gasteiger partial charge >= 0.3 is 12.1 Å². The number of amides is 3. The molecule has 3 atom stereocenters. The zero-order chi connectivity index (χ0) is 27.3. The Morgan fingerprint density at radius 1 is 1.21 bits per heavy atom. The molecule has 2 fully saturated rings. The highest BCUT2D eigenvalue weighted by molar-refractivity contribution is 5.88. The second kappa shape index (κ2) is 11.7. The van der Waals surface area contributed by atoms with Crippen LogP contribution in [0.5, 0.6) is 5.88 Å². The minimum atomic E-state index is -3.16. The second-order valence-electron chi connectivity index (χ2n) is 9.09. The van der Waals surface area contributed by atoms with Crippen LogP contribution >= 0.6 is 0 Å². The van der Waals surface area contributed by atoms with Gasteiger partial charge in [-0.05, 0) is 32.3 Å². The van der Waals surface area contributed by atoms with Gasteiger partial charge in [-0.1, -0.05) is 0 Å². The Morgan fingerprint density at radius 2 is 2.03 bits per heavy atom. The summed E-state index contributed by atoms with van der Waals surface area (Å²) in [5.41, 5.74) is 5.94. The molecule has 2 aromatic rings. The van der Waals surface area contributed by atoms with Gasteiger partial charge in [-0.15, -0.1) is 0 Å². The normalized spacial score (nSPS) is 22.4. The first-order valence-corrected chi connectivity index (χ1v) is 12.3. The first-order chi connectivity index (χ1) is 18.2. The Hall–Kier alpha value is -3.88. The van der Waals surface area contributed by atoms with E-state index in [2.05, 4.69) is 30.6 Å². The maximum Gasteiger partial charge on any atom is 0.413 e. The van der Waals surface area contributed by atoms with Gasteiger partial charge in [-0.2, -0.15) is 4.98 Å². The zero-order valence-electron chi connectivity index (χ0n) is 21.1. The number of aromatic nitrogens is 4. The molecule has 2 aliphatic rings. The molecule has 1 saturated heterocycles. The summed E-state index contributed by atoms with van der Waals surface area (Å²) in [5.74, 6) is -2.51. The van der Waals surface area contributed by atoms with Crippen molar-refractivity contribution in [3.05, 3.63) is 24.7 Å². The fourth-order valence-corrected chi connectivity index (χ4v) is 4.36. The van der Waals surface area contributed by atoms with Crippen LogP contribution in [0.25, 0.3) is 0 Å². The molecule has 13 nitrogen and oxygen atoms in total. The highest BCUT2D eigenvalue weighted by atomic mass is 19.3. The number of nitrogens with two attached hydrogens (primary N) is 1. The van der Waals surface area contributed by atoms with Crippen molar-refractivity contribution in [3.63, 3.8) is 0 Å². The zero-order valence-corrected chi connectivity index (χ0v) is 21.1. The summed E-state index contributed by atoms with van der Waals surface area (Å²) in [6.07, 6.45) is 4.79. The lowest BCUT2D eigenvalue weighted by atomic mass is 10.00. The predicted molar refractivity (Wildman–Crippen MR) is 133 cm³/mol. The van der Waals surface area contributed by atoms with Crippen LogP contribution in [-0.2, 0) is 4.74 Å². The number of piperidine rings is 1. The quantitative estimate of drug-likeness (QED) is 0.480. The number of nitrogens with one attached hydrogen (secondary N) is 2. The molecule has 0 radical (unpaired) electrons. The van der Waals surface area contributed by atoms with Crippen LogP contribution in [0.15, 0.2) is 24.7 Å². The van der Waals surface area contributed by atoms with Crippen molar-refractivity contribution in [1.29, 1.82) is 0 Å². The lowest BCUT2D eigenvalue weighted by molar-refractivity contribution is -0.0760. The van der Waals surface area contributed by atoms with E-state index in [0.29, 0.717) is 13.0 Å². The molecule has 15 heteroatoms. The summed E-state index contributed by atoms with van der Waals surface area (Å²) < 4.78 is 40.4. The minimum absolute atomic E-state index is 0.0475. The molecule has 0 spiro atoms. The first kappa shape index (κ1) is 27.2. The molecule has 0 unspecified atom stereocenters. The number of anilines is 3. The van der Waals surface area contributed by atoms with Crippen molar-refractivity contribution in [2.24, 2.45) is 5.73 Å². The van der Waals surface area contributed by atoms with E-state index in [0.717, 1.165) is 17.7 Å². The molecule has 1 aliphatic carbocycles. The maximum atomic E-state index is 14.9. The monoisotopic (exact) mass is 535 g/mol. The topological polar surface area (TPSA) is 161 Å². The van der Waals surface area contributed by atoms with E-state index >= 15 is 0 Å². The summed E-state index contributed by atoms with van der Waals surface area (Å²) in [7, 11) is 1.28. The van der Waals surface area contributed by atoms with E-state index in [1.807, 2.05) is 0 Å². The number of alkyl halides is 2. The SMILES string of the molecule is CCOc1cnc(NC(=O)N(C)[C@H]2CN(c3nccc(NC(=O)O[C@H]4CCC[C@@H]4N)n3)CCC2(F)F)cn1. The summed E-state index contributed by atoms with van der Waals surface area (Å²) in [5, 5.41) is 5.01. The average molecular weight is 536 g/mol. The molecule has 4 rings (SSSR count). The van der Waals surface area contributed by atoms with Gasteiger partial charge in [0.1, 0.15) is 18.0 Å². The largest absolute Gasteiger partial charge is 0.477 e. The van der Waals surface area contributed by atoms with Crippen LogP contribution in [0.1, 0.15) is 32.6 Å². The molecule has 3 amide bonds. The van der Waals surface area contributed by atoms with Gasteiger partial charge in [0.25, 0.3) is 5.92 Å². The number of hydrogen-bond acceptors (Lipinski definition) is 10. The number of ether oxygens (including phenoxy) is 2. The van der Waals surface area contributed by atoms with Gasteiger partial charge in [0.15, 0.2) is 5.82 Å². The number of urea groups is 1. The van der Waals surface area contributed by atoms with Gasteiger partial charge in [0.2, 0.25) is 11.8 Å². The molecule has 1 saturated carbocycles. The summed E-state index contributed by atoms with van der Waals surface area (Å²) >= 11 is 0. The lowest BCUT2D eigenvalue weighted by Gasteiger charge is -2.42. The molecule has 3 heterocycles. The van der Waals surface area contributed by atoms with E-state index in [9.17, 15) is 18.4 Å². The van der Waals surface area contributed by atoms with Gasteiger partial charge in [0, 0.05) is 38.8 Å². The van der Waals surface area contributed by atoms with E-state index in [1.54, 1.807) is 6.92 Å². The number of hydrogen-bond donors (Lipinski definition) is 3. The number of rotatable bonds is 7. The van der Waals surface area contributed by atoms with Crippen LogP contribution in [0, 0.1) is 0 Å². The van der Waals surface area contributed by atoms with Crippen LogP contribution in [0.4, 0.5) is 36.0 Å². The highest BCUT2D eigenvalue weighted by Crippen LogP contribution is 2.33. The molecule has 0 bridgehead atoms. The third-order valence-electron chi connectivity index (χ3n) is 6.46. The Kier molecular flexibility index (Phi) is 8.34. The standard InChI is InChI=1S/C23H31F2N9O4/c1-3-37-19-12-28-18(11-29-19)31-21(35)33(2)16-13-34(10-8-23(16,24)25)20-27-9-7-17(30-20)32-22(36)38-15-6-4-5-14(15)26/h7,9,11-12,14-16H,3-6,8,10,13,26H2,1-2H3,(H,28,31,35)(H,27,30,32,36)/t14-,15-,16-/m0/s1.